The van der Waals surface area contributed by atoms with Crippen molar-refractivity contribution in [3.8, 4) is 23.0 Å². The normalized spacial score (nSPS) is 11.4. The van der Waals surface area contributed by atoms with E-state index in [1.807, 2.05) is 38.1 Å². The second-order valence-electron chi connectivity index (χ2n) is 7.32. The average Bonchev–Trinajstić information content (AvgIpc) is 3.50. The van der Waals surface area contributed by atoms with Gasteiger partial charge in [0.15, 0.2) is 0 Å². The number of hydrogen-bond acceptors (Lipinski definition) is 7. The second-order valence-corrected chi connectivity index (χ2v) is 10.4. The maximum Gasteiger partial charge on any atom is 0.274 e. The number of rotatable bonds is 10. The van der Waals surface area contributed by atoms with Gasteiger partial charge in [-0.05, 0) is 68.6 Å². The molecule has 0 unspecified atom stereocenters. The Hall–Kier alpha value is -3.30. The van der Waals surface area contributed by atoms with Gasteiger partial charge in [-0.15, -0.1) is 11.3 Å². The first-order chi connectivity index (χ1) is 16.4. The van der Waals surface area contributed by atoms with Crippen LogP contribution in [0.2, 0.25) is 0 Å². The largest absolute Gasteiger partial charge is 0.494 e. The molecule has 178 valence electrons. The lowest BCUT2D eigenvalue weighted by molar-refractivity contribution is 0.340. The highest BCUT2D eigenvalue weighted by molar-refractivity contribution is 7.94. The van der Waals surface area contributed by atoms with E-state index in [-0.39, 0.29) is 10.8 Å². The molecule has 0 fully saturated rings. The quantitative estimate of drug-likeness (QED) is 0.271. The molecule has 0 N–H and O–H groups in total. The molecule has 2 aromatic heterocycles. The van der Waals surface area contributed by atoms with Crippen molar-refractivity contribution in [3.05, 3.63) is 77.5 Å². The fraction of sp³-hybridized carbons (Fsp3) is 0.240. The minimum absolute atomic E-state index is 0.0142. The van der Waals surface area contributed by atoms with Crippen molar-refractivity contribution >= 4 is 27.0 Å². The fourth-order valence-electron chi connectivity index (χ4n) is 3.46. The number of nitrogens with zero attached hydrogens (tertiary/aromatic N) is 2. The summed E-state index contributed by atoms with van der Waals surface area (Å²) in [6.45, 7) is 6.64. The maximum atomic E-state index is 13.6. The third-order valence-electron chi connectivity index (χ3n) is 5.08. The molecule has 0 amide bonds. The van der Waals surface area contributed by atoms with E-state index in [4.69, 9.17) is 13.9 Å². The summed E-state index contributed by atoms with van der Waals surface area (Å²) in [7, 11) is -3.82. The molecule has 0 bridgehead atoms. The Morgan fingerprint density at radius 3 is 2.38 bits per heavy atom. The molecule has 0 spiro atoms. The molecule has 7 nitrogen and oxygen atoms in total. The van der Waals surface area contributed by atoms with Crippen LogP contribution < -0.4 is 13.8 Å². The molecule has 2 aromatic carbocycles. The average molecular weight is 499 g/mol. The highest BCUT2D eigenvalue weighted by atomic mass is 32.2. The highest BCUT2D eigenvalue weighted by Crippen LogP contribution is 2.33. The van der Waals surface area contributed by atoms with Crippen molar-refractivity contribution in [2.75, 3.05) is 17.5 Å². The van der Waals surface area contributed by atoms with Gasteiger partial charge < -0.3 is 13.9 Å². The maximum absolute atomic E-state index is 13.6. The first kappa shape index (κ1) is 23.8. The molecule has 4 aromatic rings. The van der Waals surface area contributed by atoms with Crippen LogP contribution in [-0.4, -0.2) is 26.6 Å². The van der Waals surface area contributed by atoms with Gasteiger partial charge in [0, 0.05) is 0 Å². The third kappa shape index (κ3) is 4.95. The summed E-state index contributed by atoms with van der Waals surface area (Å²) in [4.78, 5) is 4.66. The minimum atomic E-state index is -3.82. The van der Waals surface area contributed by atoms with E-state index >= 15 is 0 Å². The summed E-state index contributed by atoms with van der Waals surface area (Å²) < 4.78 is 45.9. The number of ether oxygens (including phenoxy) is 2. The molecule has 0 atom stereocenters. The van der Waals surface area contributed by atoms with E-state index in [9.17, 15) is 8.42 Å². The Morgan fingerprint density at radius 1 is 0.971 bits per heavy atom. The number of hydrogen-bond donors (Lipinski definition) is 0. The van der Waals surface area contributed by atoms with Crippen LogP contribution in [0.1, 0.15) is 25.3 Å². The first-order valence-electron chi connectivity index (χ1n) is 10.9. The molecule has 2 heterocycles. The summed E-state index contributed by atoms with van der Waals surface area (Å²) >= 11 is 1.17. The molecule has 0 radical (unpaired) electrons. The van der Waals surface area contributed by atoms with E-state index in [1.54, 1.807) is 48.7 Å². The number of para-hydroxylation sites is 1. The van der Waals surface area contributed by atoms with Crippen LogP contribution in [0.4, 0.5) is 5.69 Å². The van der Waals surface area contributed by atoms with Crippen molar-refractivity contribution < 1.29 is 22.3 Å². The predicted molar refractivity (Wildman–Crippen MR) is 133 cm³/mol. The molecular formula is C25H26N2O5S2. The van der Waals surface area contributed by atoms with Crippen LogP contribution in [0, 0.1) is 6.92 Å². The fourth-order valence-corrected chi connectivity index (χ4v) is 5.99. The van der Waals surface area contributed by atoms with Gasteiger partial charge in [0.1, 0.15) is 27.2 Å². The zero-order valence-corrected chi connectivity index (χ0v) is 20.9. The highest BCUT2D eigenvalue weighted by Gasteiger charge is 2.28. The van der Waals surface area contributed by atoms with Crippen LogP contribution >= 0.6 is 11.3 Å². The molecule has 0 aliphatic heterocycles. The first-order valence-corrected chi connectivity index (χ1v) is 13.2. The molecule has 0 aliphatic carbocycles. The Balaban J connectivity index is 1.73. The van der Waals surface area contributed by atoms with Crippen molar-refractivity contribution in [1.82, 2.24) is 4.98 Å². The Labute approximate surface area is 203 Å². The lowest BCUT2D eigenvalue weighted by Crippen LogP contribution is -2.30. The van der Waals surface area contributed by atoms with Gasteiger partial charge in [-0.25, -0.2) is 13.4 Å². The number of sulfonamides is 1. The Kier molecular flexibility index (Phi) is 7.23. The summed E-state index contributed by atoms with van der Waals surface area (Å²) in [5.74, 6) is 2.26. The van der Waals surface area contributed by atoms with E-state index in [0.29, 0.717) is 53.3 Å². The van der Waals surface area contributed by atoms with Crippen LogP contribution in [-0.2, 0) is 16.6 Å². The predicted octanol–water partition coefficient (Wildman–Crippen LogP) is 5.90. The van der Waals surface area contributed by atoms with E-state index in [0.717, 1.165) is 0 Å². The van der Waals surface area contributed by atoms with Crippen LogP contribution in [0.3, 0.4) is 0 Å². The van der Waals surface area contributed by atoms with E-state index < -0.39 is 10.0 Å². The summed E-state index contributed by atoms with van der Waals surface area (Å²) in [5.41, 5.74) is 1.75. The molecule has 9 heteroatoms. The van der Waals surface area contributed by atoms with Crippen molar-refractivity contribution in [2.24, 2.45) is 0 Å². The minimum Gasteiger partial charge on any atom is -0.494 e. The monoisotopic (exact) mass is 498 g/mol. The van der Waals surface area contributed by atoms with Crippen LogP contribution in [0.5, 0.6) is 11.5 Å². The summed E-state index contributed by atoms with van der Waals surface area (Å²) in [6.07, 6.45) is 0. The van der Waals surface area contributed by atoms with Gasteiger partial charge in [0.25, 0.3) is 10.0 Å². The van der Waals surface area contributed by atoms with E-state index in [1.165, 1.54) is 15.6 Å². The second kappa shape index (κ2) is 10.3. The lowest BCUT2D eigenvalue weighted by Gasteiger charge is -2.23. The Bertz CT molecular complexity index is 1330. The van der Waals surface area contributed by atoms with Gasteiger partial charge in [-0.3, -0.25) is 4.31 Å². The smallest absolute Gasteiger partial charge is 0.274 e. The van der Waals surface area contributed by atoms with Gasteiger partial charge in [-0.2, -0.15) is 0 Å². The summed E-state index contributed by atoms with van der Waals surface area (Å²) in [5, 5.41) is 1.74. The standard InChI is InChI=1S/C25H26N2O5S2/c1-4-30-20-14-12-19(13-15-20)27(34(28,29)24-11-8-16-33-24)17-22-18(3)32-25(26-22)21-9-6-7-10-23(21)31-5-2/h6-16H,4-5,17H2,1-3H3. The topological polar surface area (TPSA) is 81.9 Å². The van der Waals surface area contributed by atoms with Crippen LogP contribution in [0.15, 0.2) is 74.7 Å². The zero-order chi connectivity index (χ0) is 24.1. The number of oxazole rings is 1. The summed E-state index contributed by atoms with van der Waals surface area (Å²) in [6, 6.07) is 17.8. The molecule has 4 rings (SSSR count). The molecule has 0 saturated heterocycles. The van der Waals surface area contributed by atoms with Crippen LogP contribution in [0.25, 0.3) is 11.5 Å². The van der Waals surface area contributed by atoms with Crippen molar-refractivity contribution in [1.29, 1.82) is 0 Å². The molecule has 34 heavy (non-hydrogen) atoms. The van der Waals surface area contributed by atoms with Gasteiger partial charge in [0.05, 0.1) is 31.0 Å². The number of aromatic nitrogens is 1. The number of aryl methyl sites for hydroxylation is 1. The zero-order valence-electron chi connectivity index (χ0n) is 19.2. The van der Waals surface area contributed by atoms with Crippen molar-refractivity contribution in [2.45, 2.75) is 31.5 Å². The third-order valence-corrected chi connectivity index (χ3v) is 8.23. The van der Waals surface area contributed by atoms with Gasteiger partial charge in [0.2, 0.25) is 5.89 Å². The van der Waals surface area contributed by atoms with E-state index in [2.05, 4.69) is 4.98 Å². The lowest BCUT2D eigenvalue weighted by atomic mass is 10.2. The molecule has 0 saturated carbocycles. The van der Waals surface area contributed by atoms with Gasteiger partial charge in [-0.1, -0.05) is 18.2 Å². The van der Waals surface area contributed by atoms with Crippen molar-refractivity contribution in [3.63, 3.8) is 0 Å². The molecular weight excluding hydrogens is 472 g/mol. The number of anilines is 1. The number of thiophene rings is 1. The molecule has 0 aliphatic rings. The SMILES string of the molecule is CCOc1ccc(N(Cc2nc(-c3ccccc3OCC)oc2C)S(=O)(=O)c2cccs2)cc1. The van der Waals surface area contributed by atoms with Gasteiger partial charge >= 0.3 is 0 Å². The number of benzene rings is 2. The Morgan fingerprint density at radius 2 is 1.71 bits per heavy atom.